The Kier molecular flexibility index (Phi) is 5.05. The molecule has 1 aromatic heterocycles. The lowest BCUT2D eigenvalue weighted by atomic mass is 10.1. The molecule has 1 atom stereocenters. The lowest BCUT2D eigenvalue weighted by Crippen LogP contribution is -2.36. The summed E-state index contributed by atoms with van der Waals surface area (Å²) >= 11 is 0. The second-order valence-electron chi connectivity index (χ2n) is 5.48. The number of carbonyl (C=O) groups is 2. The molecule has 0 spiro atoms. The van der Waals surface area contributed by atoms with Gasteiger partial charge in [0.15, 0.2) is 0 Å². The van der Waals surface area contributed by atoms with Crippen molar-refractivity contribution in [1.82, 2.24) is 9.88 Å². The second kappa shape index (κ2) is 7.00. The predicted octanol–water partition coefficient (Wildman–Crippen LogP) is 1.83. The van der Waals surface area contributed by atoms with Gasteiger partial charge in [0.05, 0.1) is 12.7 Å². The van der Waals surface area contributed by atoms with Gasteiger partial charge in [-0.3, -0.25) is 9.59 Å². The molecule has 0 bridgehead atoms. The Balaban J connectivity index is 2.03. The minimum Gasteiger partial charge on any atom is -0.497 e. The van der Waals surface area contributed by atoms with Gasteiger partial charge >= 0.3 is 0 Å². The van der Waals surface area contributed by atoms with Gasteiger partial charge in [-0.05, 0) is 37.1 Å². The predicted molar refractivity (Wildman–Crippen MR) is 87.6 cm³/mol. The Morgan fingerprint density at radius 2 is 1.96 bits per heavy atom. The van der Waals surface area contributed by atoms with Gasteiger partial charge in [-0.25, -0.2) is 0 Å². The first-order chi connectivity index (χ1) is 10.9. The Hall–Kier alpha value is -2.76. The topological polar surface area (TPSA) is 88.4 Å². The normalized spacial score (nSPS) is 11.8. The van der Waals surface area contributed by atoms with E-state index in [9.17, 15) is 9.59 Å². The van der Waals surface area contributed by atoms with Crippen LogP contribution >= 0.6 is 0 Å². The van der Waals surface area contributed by atoms with Crippen molar-refractivity contribution in [3.05, 3.63) is 53.3 Å². The summed E-state index contributed by atoms with van der Waals surface area (Å²) in [5, 5.41) is 0. The average Bonchev–Trinajstić information content (AvgIpc) is 3.04. The number of aromatic amines is 1. The number of methoxy groups -OCH3 is 1. The number of benzene rings is 1. The number of rotatable bonds is 6. The van der Waals surface area contributed by atoms with E-state index in [0.717, 1.165) is 17.7 Å². The van der Waals surface area contributed by atoms with E-state index in [1.807, 2.05) is 31.2 Å². The molecule has 0 aliphatic rings. The average molecular weight is 315 g/mol. The molecule has 23 heavy (non-hydrogen) atoms. The molecule has 6 nitrogen and oxygen atoms in total. The van der Waals surface area contributed by atoms with E-state index in [4.69, 9.17) is 10.5 Å². The number of carbonyl (C=O) groups excluding carboxylic acids is 2. The molecule has 2 rings (SSSR count). The number of primary amides is 1. The first-order valence-corrected chi connectivity index (χ1v) is 7.30. The molecule has 3 N–H and O–H groups in total. The molecule has 1 heterocycles. The number of likely N-dealkylation sites (N-methyl/N-ethyl adjacent to an activating group) is 1. The van der Waals surface area contributed by atoms with Crippen molar-refractivity contribution in [1.29, 1.82) is 0 Å². The van der Waals surface area contributed by atoms with E-state index in [1.54, 1.807) is 19.1 Å². The number of hydrogen-bond donors (Lipinski definition) is 2. The molecule has 0 aliphatic carbocycles. The van der Waals surface area contributed by atoms with Gasteiger partial charge in [-0.1, -0.05) is 12.1 Å². The molecule has 0 saturated carbocycles. The zero-order chi connectivity index (χ0) is 17.0. The summed E-state index contributed by atoms with van der Waals surface area (Å²) in [6.45, 7) is 1.97. The summed E-state index contributed by atoms with van der Waals surface area (Å²) in [6, 6.07) is 9.22. The zero-order valence-electron chi connectivity index (χ0n) is 13.5. The van der Waals surface area contributed by atoms with Gasteiger partial charge in [0, 0.05) is 19.3 Å². The third-order valence-corrected chi connectivity index (χ3v) is 3.87. The van der Waals surface area contributed by atoms with E-state index < -0.39 is 5.91 Å². The van der Waals surface area contributed by atoms with E-state index in [2.05, 4.69) is 4.98 Å². The Labute approximate surface area is 135 Å². The summed E-state index contributed by atoms with van der Waals surface area (Å²) in [4.78, 5) is 28.0. The molecule has 2 aromatic rings. The molecular weight excluding hydrogens is 294 g/mol. The first kappa shape index (κ1) is 16.6. The van der Waals surface area contributed by atoms with Crippen LogP contribution in [0.4, 0.5) is 0 Å². The van der Waals surface area contributed by atoms with Crippen LogP contribution in [0.3, 0.4) is 0 Å². The van der Waals surface area contributed by atoms with Crippen LogP contribution in [-0.4, -0.2) is 41.9 Å². The van der Waals surface area contributed by atoms with E-state index >= 15 is 0 Å². The summed E-state index contributed by atoms with van der Waals surface area (Å²) in [5.41, 5.74) is 6.95. The fourth-order valence-electron chi connectivity index (χ4n) is 2.29. The molecule has 2 amide bonds. The molecule has 0 saturated heterocycles. The van der Waals surface area contributed by atoms with Crippen LogP contribution in [0, 0.1) is 0 Å². The van der Waals surface area contributed by atoms with Crippen LogP contribution in [0.15, 0.2) is 36.5 Å². The van der Waals surface area contributed by atoms with E-state index in [-0.39, 0.29) is 11.9 Å². The van der Waals surface area contributed by atoms with Gasteiger partial charge in [-0.15, -0.1) is 0 Å². The molecular formula is C17H21N3O3. The third kappa shape index (κ3) is 3.91. The largest absolute Gasteiger partial charge is 0.497 e. The smallest absolute Gasteiger partial charge is 0.270 e. The van der Waals surface area contributed by atoms with Gasteiger partial charge in [0.1, 0.15) is 11.4 Å². The maximum atomic E-state index is 12.4. The van der Waals surface area contributed by atoms with Crippen LogP contribution in [0.5, 0.6) is 5.75 Å². The quantitative estimate of drug-likeness (QED) is 0.852. The lowest BCUT2D eigenvalue weighted by molar-refractivity contribution is 0.0738. The number of ether oxygens (including phenoxy) is 1. The summed E-state index contributed by atoms with van der Waals surface area (Å²) in [7, 11) is 3.36. The highest BCUT2D eigenvalue weighted by atomic mass is 16.5. The SMILES string of the molecule is COc1ccc(C[C@H](C)N(C)C(=O)c2cc(C(N)=O)c[nH]2)cc1. The highest BCUT2D eigenvalue weighted by Crippen LogP contribution is 2.15. The van der Waals surface area contributed by atoms with Crippen LogP contribution in [0.1, 0.15) is 33.3 Å². The van der Waals surface area contributed by atoms with Crippen molar-refractivity contribution in [2.45, 2.75) is 19.4 Å². The van der Waals surface area contributed by atoms with Gasteiger partial charge in [0.25, 0.3) is 5.91 Å². The first-order valence-electron chi connectivity index (χ1n) is 7.30. The fourth-order valence-corrected chi connectivity index (χ4v) is 2.29. The van der Waals surface area contributed by atoms with Crippen molar-refractivity contribution in [2.24, 2.45) is 5.73 Å². The maximum absolute atomic E-state index is 12.4. The van der Waals surface area contributed by atoms with E-state index in [0.29, 0.717) is 11.3 Å². The van der Waals surface area contributed by atoms with Crippen LogP contribution in [0.25, 0.3) is 0 Å². The number of amides is 2. The monoisotopic (exact) mass is 315 g/mol. The summed E-state index contributed by atoms with van der Waals surface area (Å²) < 4.78 is 5.13. The van der Waals surface area contributed by atoms with Crippen molar-refractivity contribution >= 4 is 11.8 Å². The van der Waals surface area contributed by atoms with Crippen molar-refractivity contribution in [3.8, 4) is 5.75 Å². The van der Waals surface area contributed by atoms with Gasteiger partial charge in [-0.2, -0.15) is 0 Å². The molecule has 0 unspecified atom stereocenters. The van der Waals surface area contributed by atoms with Gasteiger partial charge in [0.2, 0.25) is 5.91 Å². The number of H-pyrrole nitrogens is 1. The molecule has 1 aromatic carbocycles. The van der Waals surface area contributed by atoms with Crippen LogP contribution in [-0.2, 0) is 6.42 Å². The Morgan fingerprint density at radius 1 is 1.30 bits per heavy atom. The zero-order valence-corrected chi connectivity index (χ0v) is 13.5. The number of aromatic nitrogens is 1. The standard InChI is InChI=1S/C17H21N3O3/c1-11(8-12-4-6-14(23-3)7-5-12)20(2)17(22)15-9-13(10-19-15)16(18)21/h4-7,9-11,19H,8H2,1-3H3,(H2,18,21)/t11-/m0/s1. The van der Waals surface area contributed by atoms with E-state index in [1.165, 1.54) is 12.3 Å². The second-order valence-corrected chi connectivity index (χ2v) is 5.48. The molecule has 122 valence electrons. The third-order valence-electron chi connectivity index (χ3n) is 3.87. The van der Waals surface area contributed by atoms with Crippen molar-refractivity contribution < 1.29 is 14.3 Å². The highest BCUT2D eigenvalue weighted by Gasteiger charge is 2.20. The summed E-state index contributed by atoms with van der Waals surface area (Å²) in [6.07, 6.45) is 2.16. The Bertz CT molecular complexity index is 691. The highest BCUT2D eigenvalue weighted by molar-refractivity contribution is 5.98. The molecule has 0 fully saturated rings. The minimum atomic E-state index is -0.561. The van der Waals surface area contributed by atoms with Gasteiger partial charge < -0.3 is 20.4 Å². The van der Waals surface area contributed by atoms with Crippen molar-refractivity contribution in [3.63, 3.8) is 0 Å². The molecule has 0 aliphatic heterocycles. The van der Waals surface area contributed by atoms with Crippen LogP contribution in [0.2, 0.25) is 0 Å². The molecule has 0 radical (unpaired) electrons. The number of hydrogen-bond acceptors (Lipinski definition) is 3. The maximum Gasteiger partial charge on any atom is 0.270 e. The molecule has 6 heteroatoms. The fraction of sp³-hybridized carbons (Fsp3) is 0.294. The summed E-state index contributed by atoms with van der Waals surface area (Å²) in [5.74, 6) is 0.0592. The van der Waals surface area contributed by atoms with Crippen molar-refractivity contribution in [2.75, 3.05) is 14.2 Å². The Morgan fingerprint density at radius 3 is 2.48 bits per heavy atom. The number of nitrogens with one attached hydrogen (secondary N) is 1. The number of nitrogens with two attached hydrogens (primary N) is 1. The number of nitrogens with zero attached hydrogens (tertiary/aromatic N) is 1. The lowest BCUT2D eigenvalue weighted by Gasteiger charge is -2.24. The minimum absolute atomic E-state index is 0.00350. The van der Waals surface area contributed by atoms with Crippen LogP contribution < -0.4 is 10.5 Å².